The lowest BCUT2D eigenvalue weighted by atomic mass is 9.99. The molecule has 1 aliphatic rings. The van der Waals surface area contributed by atoms with Crippen LogP contribution in [0.2, 0.25) is 0 Å². The first-order chi connectivity index (χ1) is 26.8. The van der Waals surface area contributed by atoms with E-state index >= 15 is 0 Å². The minimum Gasteiger partial charge on any atom is -0.394 e. The van der Waals surface area contributed by atoms with Crippen molar-refractivity contribution in [3.8, 4) is 0 Å². The van der Waals surface area contributed by atoms with E-state index in [0.717, 1.165) is 57.8 Å². The molecule has 7 unspecified atom stereocenters. The number of ether oxygens (including phenoxy) is 2. The van der Waals surface area contributed by atoms with E-state index in [2.05, 4.69) is 55.6 Å². The van der Waals surface area contributed by atoms with Crippen molar-refractivity contribution in [2.45, 2.75) is 236 Å². The van der Waals surface area contributed by atoms with Gasteiger partial charge in [0.25, 0.3) is 0 Å². The number of carbonyl (C=O) groups excluding carboxylic acids is 1. The van der Waals surface area contributed by atoms with Crippen molar-refractivity contribution < 1.29 is 39.8 Å². The summed E-state index contributed by atoms with van der Waals surface area (Å²) in [5.74, 6) is -0.155. The fourth-order valence-electron chi connectivity index (χ4n) is 7.05. The second kappa shape index (κ2) is 36.7. The molecule has 322 valence electrons. The van der Waals surface area contributed by atoms with Gasteiger partial charge in [-0.25, -0.2) is 0 Å². The lowest BCUT2D eigenvalue weighted by Gasteiger charge is -2.40. The Labute approximate surface area is 336 Å². The van der Waals surface area contributed by atoms with Gasteiger partial charge >= 0.3 is 0 Å². The summed E-state index contributed by atoms with van der Waals surface area (Å²) in [5.41, 5.74) is 0. The molecule has 9 nitrogen and oxygen atoms in total. The Morgan fingerprint density at radius 1 is 0.618 bits per heavy atom. The molecule has 1 fully saturated rings. The molecule has 55 heavy (non-hydrogen) atoms. The van der Waals surface area contributed by atoms with Crippen molar-refractivity contribution in [1.82, 2.24) is 5.32 Å². The Morgan fingerprint density at radius 3 is 1.58 bits per heavy atom. The van der Waals surface area contributed by atoms with Gasteiger partial charge in [-0.3, -0.25) is 4.79 Å². The molecular weight excluding hydrogens is 695 g/mol. The monoisotopic (exact) mass is 780 g/mol. The Balaban J connectivity index is 2.26. The van der Waals surface area contributed by atoms with Gasteiger partial charge in [-0.2, -0.15) is 0 Å². The second-order valence-corrected chi connectivity index (χ2v) is 15.8. The lowest BCUT2D eigenvalue weighted by Crippen LogP contribution is -2.60. The first-order valence-corrected chi connectivity index (χ1v) is 22.7. The Kier molecular flexibility index (Phi) is 34.3. The number of hydrogen-bond acceptors (Lipinski definition) is 8. The van der Waals surface area contributed by atoms with Crippen LogP contribution >= 0.6 is 0 Å². The van der Waals surface area contributed by atoms with Crippen LogP contribution in [0.25, 0.3) is 0 Å². The zero-order valence-electron chi connectivity index (χ0n) is 35.2. The first-order valence-electron chi connectivity index (χ1n) is 22.7. The fourth-order valence-corrected chi connectivity index (χ4v) is 7.05. The minimum atomic E-state index is -1.55. The predicted molar refractivity (Wildman–Crippen MR) is 226 cm³/mol. The molecule has 0 aromatic rings. The fraction of sp³-hybridized carbons (Fsp3) is 0.848. The third-order valence-electron chi connectivity index (χ3n) is 10.7. The quantitative estimate of drug-likeness (QED) is 0.0270. The lowest BCUT2D eigenvalue weighted by molar-refractivity contribution is -0.302. The molecule has 0 bridgehead atoms. The summed E-state index contributed by atoms with van der Waals surface area (Å²) in [4.78, 5) is 12.9. The van der Waals surface area contributed by atoms with Gasteiger partial charge in [-0.15, -0.1) is 0 Å². The van der Waals surface area contributed by atoms with Gasteiger partial charge in [0.2, 0.25) is 5.91 Å². The standard InChI is InChI=1S/C46H85NO8/c1-3-5-7-9-11-13-14-15-16-17-18-19-20-21-22-23-24-25-26-28-30-32-34-36-42(50)47-39(40(49)35-33-31-29-27-12-10-8-6-4-2)38-54-46-45(53)44(52)43(51)41(37-48)55-46/h14-15,17-18,20-21,39-41,43-46,48-49,51-53H,3-13,16,19,22-38H2,1-2H3,(H,47,50)/b15-14-,18-17-,21-20-. The summed E-state index contributed by atoms with van der Waals surface area (Å²) in [7, 11) is 0. The number of carbonyl (C=O) groups is 1. The van der Waals surface area contributed by atoms with Gasteiger partial charge < -0.3 is 40.3 Å². The number of aliphatic hydroxyl groups is 5. The molecule has 6 N–H and O–H groups in total. The highest BCUT2D eigenvalue weighted by Crippen LogP contribution is 2.23. The van der Waals surface area contributed by atoms with Crippen LogP contribution < -0.4 is 5.32 Å². The average molecular weight is 780 g/mol. The molecule has 1 heterocycles. The van der Waals surface area contributed by atoms with Crippen molar-refractivity contribution in [3.63, 3.8) is 0 Å². The molecule has 0 aromatic heterocycles. The highest BCUT2D eigenvalue weighted by Gasteiger charge is 2.44. The first kappa shape index (κ1) is 51.4. The molecule has 0 spiro atoms. The smallest absolute Gasteiger partial charge is 0.220 e. The van der Waals surface area contributed by atoms with E-state index in [4.69, 9.17) is 9.47 Å². The molecule has 1 rings (SSSR count). The summed E-state index contributed by atoms with van der Waals surface area (Å²) >= 11 is 0. The zero-order chi connectivity index (χ0) is 40.2. The molecule has 0 aliphatic carbocycles. The van der Waals surface area contributed by atoms with Crippen LogP contribution in [0.1, 0.15) is 194 Å². The van der Waals surface area contributed by atoms with E-state index in [1.165, 1.54) is 109 Å². The normalized spacial score (nSPS) is 21.6. The third-order valence-corrected chi connectivity index (χ3v) is 10.7. The number of aliphatic hydroxyl groups excluding tert-OH is 5. The van der Waals surface area contributed by atoms with Gasteiger partial charge in [-0.05, 0) is 51.4 Å². The van der Waals surface area contributed by atoms with Gasteiger partial charge in [0, 0.05) is 6.42 Å². The summed E-state index contributed by atoms with van der Waals surface area (Å²) < 4.78 is 11.2. The molecule has 0 saturated carbocycles. The summed E-state index contributed by atoms with van der Waals surface area (Å²) in [6, 6.07) is -0.720. The zero-order valence-corrected chi connectivity index (χ0v) is 35.2. The molecule has 9 heteroatoms. The number of nitrogens with one attached hydrogen (secondary N) is 1. The van der Waals surface area contributed by atoms with Crippen LogP contribution in [0.3, 0.4) is 0 Å². The molecule has 0 aromatic carbocycles. The van der Waals surface area contributed by atoms with Crippen molar-refractivity contribution in [1.29, 1.82) is 0 Å². The summed E-state index contributed by atoms with van der Waals surface area (Å²) in [6.07, 6.45) is 37.3. The van der Waals surface area contributed by atoms with E-state index < -0.39 is 49.5 Å². The van der Waals surface area contributed by atoms with Crippen LogP contribution in [0.5, 0.6) is 0 Å². The molecule has 7 atom stereocenters. The SMILES string of the molecule is CCCCCCC/C=C\C/C=C\C/C=C\CCCCCCCCCCC(=O)NC(COC1OC(CO)C(O)C(O)C1O)C(O)CCCCCCCCCCC. The van der Waals surface area contributed by atoms with Gasteiger partial charge in [0.05, 0.1) is 25.4 Å². The Bertz CT molecular complexity index is 956. The number of unbranched alkanes of at least 4 members (excludes halogenated alkanes) is 21. The highest BCUT2D eigenvalue weighted by atomic mass is 16.7. The largest absolute Gasteiger partial charge is 0.394 e. The number of amides is 1. The number of rotatable bonds is 37. The highest BCUT2D eigenvalue weighted by molar-refractivity contribution is 5.76. The third kappa shape index (κ3) is 27.6. The van der Waals surface area contributed by atoms with E-state index in [1.807, 2.05) is 0 Å². The topological polar surface area (TPSA) is 149 Å². The maximum atomic E-state index is 12.9. The van der Waals surface area contributed by atoms with Gasteiger partial charge in [-0.1, -0.05) is 172 Å². The average Bonchev–Trinajstić information content (AvgIpc) is 3.18. The Morgan fingerprint density at radius 2 is 1.07 bits per heavy atom. The molecule has 1 saturated heterocycles. The molecule has 1 amide bonds. The van der Waals surface area contributed by atoms with Crippen molar-refractivity contribution in [3.05, 3.63) is 36.5 Å². The van der Waals surface area contributed by atoms with Crippen LogP contribution in [0.4, 0.5) is 0 Å². The van der Waals surface area contributed by atoms with E-state index in [0.29, 0.717) is 12.8 Å². The molecule has 0 radical (unpaired) electrons. The van der Waals surface area contributed by atoms with Gasteiger partial charge in [0.1, 0.15) is 24.4 Å². The minimum absolute atomic E-state index is 0.142. The van der Waals surface area contributed by atoms with E-state index in [1.54, 1.807) is 0 Å². The van der Waals surface area contributed by atoms with Crippen LogP contribution in [0.15, 0.2) is 36.5 Å². The van der Waals surface area contributed by atoms with E-state index in [9.17, 15) is 30.3 Å². The summed E-state index contributed by atoms with van der Waals surface area (Å²) in [6.45, 7) is 3.78. The number of hydrogen-bond donors (Lipinski definition) is 6. The van der Waals surface area contributed by atoms with Crippen LogP contribution in [0, 0.1) is 0 Å². The molecular formula is C46H85NO8. The number of allylic oxidation sites excluding steroid dienone is 6. The Hall–Kier alpha value is -1.59. The molecule has 1 aliphatic heterocycles. The van der Waals surface area contributed by atoms with Gasteiger partial charge in [0.15, 0.2) is 6.29 Å². The van der Waals surface area contributed by atoms with Crippen molar-refractivity contribution >= 4 is 5.91 Å². The predicted octanol–water partition coefficient (Wildman–Crippen LogP) is 9.28. The second-order valence-electron chi connectivity index (χ2n) is 15.8. The van der Waals surface area contributed by atoms with Crippen LogP contribution in [-0.2, 0) is 14.3 Å². The maximum absolute atomic E-state index is 12.9. The summed E-state index contributed by atoms with van der Waals surface area (Å²) in [5, 5.41) is 54.1. The van der Waals surface area contributed by atoms with Crippen molar-refractivity contribution in [2.24, 2.45) is 0 Å². The maximum Gasteiger partial charge on any atom is 0.220 e. The van der Waals surface area contributed by atoms with E-state index in [-0.39, 0.29) is 12.5 Å². The van der Waals surface area contributed by atoms with Crippen molar-refractivity contribution in [2.75, 3.05) is 13.2 Å². The van der Waals surface area contributed by atoms with Crippen LogP contribution in [-0.4, -0.2) is 87.5 Å².